The van der Waals surface area contributed by atoms with Crippen LogP contribution in [0.25, 0.3) is 0 Å². The van der Waals surface area contributed by atoms with Crippen molar-refractivity contribution in [2.45, 2.75) is 30.2 Å². The molecule has 0 saturated carbocycles. The van der Waals surface area contributed by atoms with E-state index in [1.807, 2.05) is 0 Å². The molecule has 0 radical (unpaired) electrons. The Morgan fingerprint density at radius 3 is 2.82 bits per heavy atom. The first-order valence-corrected chi connectivity index (χ1v) is 6.95. The number of hydrogen-bond donors (Lipinski definition) is 0. The Bertz CT molecular complexity index is 509. The van der Waals surface area contributed by atoms with Gasteiger partial charge in [-0.25, -0.2) is 8.42 Å². The van der Waals surface area contributed by atoms with E-state index in [2.05, 4.69) is 5.10 Å². The zero-order valence-corrected chi connectivity index (χ0v) is 10.4. The minimum Gasteiger partial charge on any atom is -0.302 e. The monoisotopic (exact) mass is 257 g/mol. The lowest BCUT2D eigenvalue weighted by atomic mass is 10.1. The molecule has 1 aliphatic rings. The summed E-state index contributed by atoms with van der Waals surface area (Å²) in [6.07, 6.45) is 5.76. The molecule has 1 fully saturated rings. The van der Waals surface area contributed by atoms with Gasteiger partial charge in [-0.3, -0.25) is 4.68 Å². The van der Waals surface area contributed by atoms with Crippen LogP contribution in [0.5, 0.6) is 0 Å². The first kappa shape index (κ1) is 12.3. The highest BCUT2D eigenvalue weighted by atomic mass is 32.2. The highest BCUT2D eigenvalue weighted by Crippen LogP contribution is 2.23. The fourth-order valence-corrected chi connectivity index (χ4v) is 3.65. The fraction of sp³-hybridized carbons (Fsp3) is 0.600. The van der Waals surface area contributed by atoms with Crippen molar-refractivity contribution in [3.05, 3.63) is 12.4 Å². The SMILES string of the molecule is Cn1cc(S(=O)(=O)N2CCCCC2C=O)cn1. The first-order chi connectivity index (χ1) is 8.05. The van der Waals surface area contributed by atoms with Crippen molar-refractivity contribution >= 4 is 16.3 Å². The predicted molar refractivity (Wildman–Crippen MR) is 60.8 cm³/mol. The molecule has 1 aromatic rings. The van der Waals surface area contributed by atoms with E-state index in [0.717, 1.165) is 12.8 Å². The number of aromatic nitrogens is 2. The molecule has 0 aliphatic carbocycles. The molecule has 0 spiro atoms. The summed E-state index contributed by atoms with van der Waals surface area (Å²) in [5.41, 5.74) is 0. The number of carbonyl (C=O) groups excluding carboxylic acids is 1. The molecule has 1 saturated heterocycles. The molecule has 1 aliphatic heterocycles. The number of aryl methyl sites for hydroxylation is 1. The second-order valence-electron chi connectivity index (χ2n) is 4.16. The Labute approximate surface area is 100 Å². The van der Waals surface area contributed by atoms with Gasteiger partial charge in [0.05, 0.1) is 12.2 Å². The van der Waals surface area contributed by atoms with Crippen LogP contribution in [0, 0.1) is 0 Å². The topological polar surface area (TPSA) is 72.3 Å². The summed E-state index contributed by atoms with van der Waals surface area (Å²) in [4.78, 5) is 11.1. The van der Waals surface area contributed by atoms with Crippen LogP contribution in [0.15, 0.2) is 17.3 Å². The first-order valence-electron chi connectivity index (χ1n) is 5.51. The largest absolute Gasteiger partial charge is 0.302 e. The molecule has 0 aromatic carbocycles. The van der Waals surface area contributed by atoms with Gasteiger partial charge in [0.1, 0.15) is 11.2 Å². The van der Waals surface area contributed by atoms with Gasteiger partial charge in [0, 0.05) is 19.8 Å². The second-order valence-corrected chi connectivity index (χ2v) is 6.06. The third-order valence-corrected chi connectivity index (χ3v) is 4.82. The molecule has 1 unspecified atom stereocenters. The summed E-state index contributed by atoms with van der Waals surface area (Å²) in [7, 11) is -1.92. The van der Waals surface area contributed by atoms with Crippen LogP contribution in [0.3, 0.4) is 0 Å². The quantitative estimate of drug-likeness (QED) is 0.723. The Hall–Kier alpha value is -1.21. The minimum absolute atomic E-state index is 0.147. The molecule has 0 bridgehead atoms. The molecule has 6 nitrogen and oxygen atoms in total. The maximum atomic E-state index is 12.3. The van der Waals surface area contributed by atoms with E-state index in [1.54, 1.807) is 7.05 Å². The summed E-state index contributed by atoms with van der Waals surface area (Å²) < 4.78 is 27.3. The third kappa shape index (κ3) is 2.25. The predicted octanol–water partition coefficient (Wildman–Crippen LogP) is 0.162. The molecule has 1 aromatic heterocycles. The normalized spacial score (nSPS) is 22.5. The smallest absolute Gasteiger partial charge is 0.246 e. The van der Waals surface area contributed by atoms with Gasteiger partial charge in [-0.2, -0.15) is 9.40 Å². The molecule has 7 heteroatoms. The second kappa shape index (κ2) is 4.58. The van der Waals surface area contributed by atoms with Crippen molar-refractivity contribution < 1.29 is 13.2 Å². The molecule has 2 heterocycles. The zero-order valence-electron chi connectivity index (χ0n) is 9.61. The summed E-state index contributed by atoms with van der Waals surface area (Å²) in [6, 6.07) is -0.533. The Morgan fingerprint density at radius 1 is 1.47 bits per heavy atom. The van der Waals surface area contributed by atoms with E-state index >= 15 is 0 Å². The lowest BCUT2D eigenvalue weighted by molar-refractivity contribution is -0.111. The number of rotatable bonds is 3. The van der Waals surface area contributed by atoms with Gasteiger partial charge in [-0.05, 0) is 12.8 Å². The molecule has 17 heavy (non-hydrogen) atoms. The summed E-state index contributed by atoms with van der Waals surface area (Å²) in [5.74, 6) is 0. The van der Waals surface area contributed by atoms with Gasteiger partial charge in [0.2, 0.25) is 10.0 Å². The van der Waals surface area contributed by atoms with Gasteiger partial charge in [0.25, 0.3) is 0 Å². The number of piperidine rings is 1. The molecule has 94 valence electrons. The fourth-order valence-electron chi connectivity index (χ4n) is 2.03. The molecular formula is C10H15N3O3S. The number of carbonyl (C=O) groups is 1. The van der Waals surface area contributed by atoms with Crippen molar-refractivity contribution in [1.82, 2.24) is 14.1 Å². The van der Waals surface area contributed by atoms with Crippen molar-refractivity contribution in [2.75, 3.05) is 6.54 Å². The highest BCUT2D eigenvalue weighted by molar-refractivity contribution is 7.89. The van der Waals surface area contributed by atoms with Gasteiger partial charge in [-0.1, -0.05) is 6.42 Å². The van der Waals surface area contributed by atoms with Crippen molar-refractivity contribution in [2.24, 2.45) is 7.05 Å². The Morgan fingerprint density at radius 2 is 2.24 bits per heavy atom. The Kier molecular flexibility index (Phi) is 3.30. The molecule has 2 rings (SSSR count). The van der Waals surface area contributed by atoms with E-state index in [4.69, 9.17) is 0 Å². The number of hydrogen-bond acceptors (Lipinski definition) is 4. The van der Waals surface area contributed by atoms with E-state index in [0.29, 0.717) is 19.3 Å². The number of sulfonamides is 1. The van der Waals surface area contributed by atoms with Gasteiger partial charge in [-0.15, -0.1) is 0 Å². The summed E-state index contributed by atoms with van der Waals surface area (Å²) in [5, 5.41) is 3.85. The van der Waals surface area contributed by atoms with Crippen LogP contribution in [-0.2, 0) is 21.9 Å². The van der Waals surface area contributed by atoms with E-state index < -0.39 is 16.1 Å². The number of aldehydes is 1. The third-order valence-electron chi connectivity index (χ3n) is 2.94. The number of nitrogens with zero attached hydrogens (tertiary/aromatic N) is 3. The highest BCUT2D eigenvalue weighted by Gasteiger charge is 2.33. The van der Waals surface area contributed by atoms with E-state index in [-0.39, 0.29) is 4.90 Å². The standard InChI is InChI=1S/C10H15N3O3S/c1-12-7-10(6-11-12)17(15,16)13-5-3-2-4-9(13)8-14/h6-9H,2-5H2,1H3. The lowest BCUT2D eigenvalue weighted by Gasteiger charge is -2.30. The average Bonchev–Trinajstić information content (AvgIpc) is 2.76. The van der Waals surface area contributed by atoms with Gasteiger partial charge in [0.15, 0.2) is 0 Å². The van der Waals surface area contributed by atoms with Crippen molar-refractivity contribution in [3.8, 4) is 0 Å². The van der Waals surface area contributed by atoms with Crippen LogP contribution in [-0.4, -0.2) is 41.4 Å². The molecule has 1 atom stereocenters. The van der Waals surface area contributed by atoms with E-state index in [9.17, 15) is 13.2 Å². The molecule has 0 N–H and O–H groups in total. The molecular weight excluding hydrogens is 242 g/mol. The van der Waals surface area contributed by atoms with Crippen LogP contribution in [0.4, 0.5) is 0 Å². The maximum absolute atomic E-state index is 12.3. The van der Waals surface area contributed by atoms with Crippen molar-refractivity contribution in [1.29, 1.82) is 0 Å². The van der Waals surface area contributed by atoms with E-state index in [1.165, 1.54) is 21.4 Å². The van der Waals surface area contributed by atoms with Crippen LogP contribution >= 0.6 is 0 Å². The van der Waals surface area contributed by atoms with Crippen molar-refractivity contribution in [3.63, 3.8) is 0 Å². The summed E-state index contributed by atoms with van der Waals surface area (Å²) in [6.45, 7) is 0.403. The van der Waals surface area contributed by atoms with Crippen LogP contribution in [0.1, 0.15) is 19.3 Å². The molecule has 0 amide bonds. The van der Waals surface area contributed by atoms with Crippen LogP contribution < -0.4 is 0 Å². The van der Waals surface area contributed by atoms with Gasteiger partial charge < -0.3 is 4.79 Å². The van der Waals surface area contributed by atoms with Gasteiger partial charge >= 0.3 is 0 Å². The van der Waals surface area contributed by atoms with Crippen LogP contribution in [0.2, 0.25) is 0 Å². The lowest BCUT2D eigenvalue weighted by Crippen LogP contribution is -2.44. The summed E-state index contributed by atoms with van der Waals surface area (Å²) >= 11 is 0. The zero-order chi connectivity index (χ0) is 12.5. The maximum Gasteiger partial charge on any atom is 0.246 e. The minimum atomic E-state index is -3.58. The Balaban J connectivity index is 2.34. The average molecular weight is 257 g/mol.